The van der Waals surface area contributed by atoms with Crippen LogP contribution in [0.4, 0.5) is 26.3 Å². The van der Waals surface area contributed by atoms with Crippen LogP contribution in [0.15, 0.2) is 93.3 Å². The van der Waals surface area contributed by atoms with Gasteiger partial charge in [-0.1, -0.05) is 55.5 Å². The maximum atomic E-state index is 15.0. The van der Waals surface area contributed by atoms with E-state index in [9.17, 15) is 41.0 Å². The average molecular weight is 805 g/mol. The fraction of sp³-hybridized carbons (Fsp3) is 0.200. The largest absolute Gasteiger partial charge is 0.494 e. The quantitative estimate of drug-likeness (QED) is 0.129. The lowest BCUT2D eigenvalue weighted by Gasteiger charge is -2.20. The van der Waals surface area contributed by atoms with Crippen LogP contribution in [0.2, 0.25) is 0 Å². The lowest BCUT2D eigenvalue weighted by Crippen LogP contribution is -2.34. The molecule has 0 radical (unpaired) electrons. The van der Waals surface area contributed by atoms with Gasteiger partial charge in [0, 0.05) is 45.5 Å². The highest BCUT2D eigenvalue weighted by Crippen LogP contribution is 2.49. The molecule has 8 nitrogen and oxygen atoms in total. The van der Waals surface area contributed by atoms with Crippen LogP contribution in [0.1, 0.15) is 52.8 Å². The minimum Gasteiger partial charge on any atom is -0.494 e. The fourth-order valence-electron chi connectivity index (χ4n) is 9.09. The molecule has 4 aromatic heterocycles. The van der Waals surface area contributed by atoms with Crippen LogP contribution < -0.4 is 16.7 Å². The second kappa shape index (κ2) is 12.6. The fourth-order valence-corrected chi connectivity index (χ4v) is 9.09. The van der Waals surface area contributed by atoms with Crippen molar-refractivity contribution in [3.8, 4) is 5.88 Å². The molecule has 5 aromatic carbocycles. The molecule has 0 fully saturated rings. The minimum atomic E-state index is -4.54. The number of benzene rings is 5. The number of halogens is 6. The SMILES string of the molecule is CC1CC=Cc2nc3c(c21)c1c(=O)n(CCc2ccc(C(F)(F)F)cc2)c(=O)c2c4[nH]c5ccccc5c4c4c(=O)n(CCc5ccc(C(F)(F)F)cc5)c(O)c3c4c21. The van der Waals surface area contributed by atoms with Gasteiger partial charge in [-0.05, 0) is 78.3 Å². The van der Waals surface area contributed by atoms with Crippen molar-refractivity contribution in [2.45, 2.75) is 57.5 Å². The van der Waals surface area contributed by atoms with E-state index in [0.29, 0.717) is 44.9 Å². The topological polar surface area (TPSA) is 110 Å². The second-order valence-electron chi connectivity index (χ2n) is 15.3. The van der Waals surface area contributed by atoms with E-state index in [1.807, 2.05) is 19.1 Å². The van der Waals surface area contributed by atoms with Gasteiger partial charge in [0.05, 0.1) is 49.4 Å². The number of aromatic hydroxyl groups is 1. The molecule has 0 saturated carbocycles. The first-order valence-electron chi connectivity index (χ1n) is 18.9. The van der Waals surface area contributed by atoms with Gasteiger partial charge in [-0.2, -0.15) is 26.3 Å². The Labute approximate surface area is 327 Å². The Bertz CT molecular complexity index is 3420. The third-order valence-electron chi connectivity index (χ3n) is 11.9. The zero-order valence-corrected chi connectivity index (χ0v) is 31.0. The van der Waals surface area contributed by atoms with Gasteiger partial charge in [0.1, 0.15) is 0 Å². The van der Waals surface area contributed by atoms with Crippen LogP contribution in [0, 0.1) is 0 Å². The summed E-state index contributed by atoms with van der Waals surface area (Å²) in [7, 11) is 0. The number of hydrogen-bond acceptors (Lipinski definition) is 5. The molecule has 1 unspecified atom stereocenters. The number of fused-ring (bicyclic) bond motifs is 10. The molecule has 1 aliphatic carbocycles. The number of rotatable bonds is 6. The average Bonchev–Trinajstić information content (AvgIpc) is 3.78. The van der Waals surface area contributed by atoms with Gasteiger partial charge in [-0.15, -0.1) is 0 Å². The molecule has 59 heavy (non-hydrogen) atoms. The van der Waals surface area contributed by atoms with Crippen molar-refractivity contribution in [2.24, 2.45) is 0 Å². The Morgan fingerprint density at radius 2 is 1.22 bits per heavy atom. The maximum absolute atomic E-state index is 15.0. The molecule has 1 aliphatic rings. The van der Waals surface area contributed by atoms with E-state index >= 15 is 4.79 Å². The molecule has 0 saturated heterocycles. The molecule has 9 aromatic rings. The van der Waals surface area contributed by atoms with E-state index in [1.165, 1.54) is 28.8 Å². The molecule has 296 valence electrons. The Balaban J connectivity index is 1.30. The summed E-state index contributed by atoms with van der Waals surface area (Å²) in [5.41, 5.74) is -0.252. The third kappa shape index (κ3) is 5.38. The predicted molar refractivity (Wildman–Crippen MR) is 215 cm³/mol. The van der Waals surface area contributed by atoms with Crippen LogP contribution in [-0.2, 0) is 38.3 Å². The number of pyridine rings is 2. The number of nitrogens with zero attached hydrogens (tertiary/aromatic N) is 3. The Hall–Kier alpha value is -6.70. The zero-order chi connectivity index (χ0) is 41.3. The highest BCUT2D eigenvalue weighted by atomic mass is 19.4. The zero-order valence-electron chi connectivity index (χ0n) is 31.0. The summed E-state index contributed by atoms with van der Waals surface area (Å²) >= 11 is 0. The van der Waals surface area contributed by atoms with E-state index < -0.39 is 46.0 Å². The number of H-pyrrole nitrogens is 1. The molecule has 0 aliphatic heterocycles. The number of nitrogens with one attached hydrogen (secondary N) is 1. The van der Waals surface area contributed by atoms with Gasteiger partial charge >= 0.3 is 12.4 Å². The molecular formula is C45H30F6N4O4. The molecular weight excluding hydrogens is 775 g/mol. The maximum Gasteiger partial charge on any atom is 0.416 e. The van der Waals surface area contributed by atoms with Crippen molar-refractivity contribution < 1.29 is 31.4 Å². The van der Waals surface area contributed by atoms with Gasteiger partial charge in [0.2, 0.25) is 5.88 Å². The number of aryl methyl sites for hydroxylation is 2. The first kappa shape index (κ1) is 36.6. The summed E-state index contributed by atoms with van der Waals surface area (Å²) in [6.45, 7) is 1.68. The van der Waals surface area contributed by atoms with Gasteiger partial charge < -0.3 is 10.1 Å². The molecule has 10 rings (SSSR count). The van der Waals surface area contributed by atoms with E-state index in [0.717, 1.165) is 34.4 Å². The molecule has 0 amide bonds. The highest BCUT2D eigenvalue weighted by molar-refractivity contribution is 6.42. The number of hydrogen-bond donors (Lipinski definition) is 2. The van der Waals surface area contributed by atoms with Crippen molar-refractivity contribution >= 4 is 71.1 Å². The summed E-state index contributed by atoms with van der Waals surface area (Å²) in [6.07, 6.45) is -4.54. The van der Waals surface area contributed by atoms with E-state index in [1.54, 1.807) is 24.3 Å². The molecule has 4 heterocycles. The molecule has 2 N–H and O–H groups in total. The number of aromatic amines is 1. The number of aromatic nitrogens is 4. The van der Waals surface area contributed by atoms with Crippen LogP contribution >= 0.6 is 0 Å². The minimum absolute atomic E-state index is 0.0563. The lowest BCUT2D eigenvalue weighted by atomic mass is 9.86. The Morgan fingerprint density at radius 3 is 1.85 bits per heavy atom. The van der Waals surface area contributed by atoms with Crippen molar-refractivity contribution in [3.63, 3.8) is 0 Å². The van der Waals surface area contributed by atoms with Crippen LogP contribution in [-0.4, -0.2) is 24.2 Å². The van der Waals surface area contributed by atoms with Crippen molar-refractivity contribution in [2.75, 3.05) is 0 Å². The Morgan fingerprint density at radius 1 is 0.678 bits per heavy atom. The molecule has 1 atom stereocenters. The normalized spacial score (nSPS) is 14.9. The van der Waals surface area contributed by atoms with Crippen LogP contribution in [0.3, 0.4) is 0 Å². The molecule has 0 bridgehead atoms. The molecule has 14 heteroatoms. The number of allylic oxidation sites excluding steroid dienone is 1. The Kier molecular flexibility index (Phi) is 7.85. The van der Waals surface area contributed by atoms with Crippen molar-refractivity contribution in [1.29, 1.82) is 0 Å². The second-order valence-corrected chi connectivity index (χ2v) is 15.3. The van der Waals surface area contributed by atoms with E-state index in [-0.39, 0.29) is 75.2 Å². The summed E-state index contributed by atoms with van der Waals surface area (Å²) < 4.78 is 82.2. The first-order chi connectivity index (χ1) is 28.1. The summed E-state index contributed by atoms with van der Waals surface area (Å²) in [6, 6.07) is 16.2. The van der Waals surface area contributed by atoms with Gasteiger partial charge in [-0.25, -0.2) is 4.98 Å². The standard InChI is InChI=1S/C45H30F6N4O4/c1-21-5-4-8-28-29(21)33-35-32-31-34(40(56)54(43(59)37(31)39(33)53-28)19-17-22-9-13-24(14-10-22)44(46,47)48)30-26-6-2-3-7-27(26)52-38(30)36(32)42(58)55(41(35)57)20-18-23-11-15-25(16-12-23)45(49,50)51/h2-4,6-16,21,52,59H,5,17-20H2,1H3. The van der Waals surface area contributed by atoms with Gasteiger partial charge in [-0.3, -0.25) is 23.5 Å². The van der Waals surface area contributed by atoms with E-state index in [2.05, 4.69) is 4.98 Å². The van der Waals surface area contributed by atoms with Crippen LogP contribution in [0.5, 0.6) is 5.88 Å². The summed E-state index contributed by atoms with van der Waals surface area (Å²) in [4.78, 5) is 53.2. The van der Waals surface area contributed by atoms with Crippen LogP contribution in [0.25, 0.3) is 71.1 Å². The van der Waals surface area contributed by atoms with E-state index in [4.69, 9.17) is 4.98 Å². The third-order valence-corrected chi connectivity index (χ3v) is 11.9. The predicted octanol–water partition coefficient (Wildman–Crippen LogP) is 9.64. The smallest absolute Gasteiger partial charge is 0.416 e. The van der Waals surface area contributed by atoms with Gasteiger partial charge in [0.25, 0.3) is 16.7 Å². The highest BCUT2D eigenvalue weighted by Gasteiger charge is 2.34. The monoisotopic (exact) mass is 804 g/mol. The summed E-state index contributed by atoms with van der Waals surface area (Å²) in [5.74, 6) is -0.609. The van der Waals surface area contributed by atoms with Crippen molar-refractivity contribution in [1.82, 2.24) is 19.1 Å². The van der Waals surface area contributed by atoms with Crippen molar-refractivity contribution in [3.05, 3.63) is 143 Å². The summed E-state index contributed by atoms with van der Waals surface area (Å²) in [5, 5.41) is 14.6. The lowest BCUT2D eigenvalue weighted by molar-refractivity contribution is -0.138. The number of alkyl halides is 6. The first-order valence-corrected chi connectivity index (χ1v) is 18.9. The number of para-hydroxylation sites is 1. The molecule has 0 spiro atoms. The van der Waals surface area contributed by atoms with Gasteiger partial charge in [0.15, 0.2) is 0 Å².